The van der Waals surface area contributed by atoms with Crippen molar-refractivity contribution < 1.29 is 0 Å². The predicted molar refractivity (Wildman–Crippen MR) is 82.1 cm³/mol. The summed E-state index contributed by atoms with van der Waals surface area (Å²) in [5.74, 6) is 1.85. The third-order valence-electron chi connectivity index (χ3n) is 4.64. The summed E-state index contributed by atoms with van der Waals surface area (Å²) >= 11 is 6.26. The van der Waals surface area contributed by atoms with Gasteiger partial charge in [0.25, 0.3) is 0 Å². The first-order chi connectivity index (χ1) is 9.75. The average molecular weight is 288 g/mol. The molecule has 2 aliphatic rings. The smallest absolute Gasteiger partial charge is 0.133 e. The fraction of sp³-hybridized carbons (Fsp3) is 0.438. The van der Waals surface area contributed by atoms with Crippen LogP contribution in [0.4, 0.5) is 5.82 Å². The predicted octanol–water partition coefficient (Wildman–Crippen LogP) is 4.07. The summed E-state index contributed by atoms with van der Waals surface area (Å²) in [5.41, 5.74) is 4.92. The maximum Gasteiger partial charge on any atom is 0.133 e. The van der Waals surface area contributed by atoms with Crippen molar-refractivity contribution in [2.24, 2.45) is 0 Å². The highest BCUT2D eigenvalue weighted by atomic mass is 35.5. The minimum absolute atomic E-state index is 0.671. The molecule has 2 aromatic rings. The molecule has 4 rings (SSSR count). The van der Waals surface area contributed by atoms with Crippen LogP contribution in [0.15, 0.2) is 18.2 Å². The molecule has 0 radical (unpaired) electrons. The van der Waals surface area contributed by atoms with E-state index in [0.717, 1.165) is 29.2 Å². The molecule has 3 nitrogen and oxygen atoms in total. The van der Waals surface area contributed by atoms with Crippen molar-refractivity contribution in [3.05, 3.63) is 40.0 Å². The van der Waals surface area contributed by atoms with Crippen molar-refractivity contribution in [1.29, 1.82) is 0 Å². The highest BCUT2D eigenvalue weighted by molar-refractivity contribution is 6.31. The molecule has 0 amide bonds. The van der Waals surface area contributed by atoms with E-state index in [2.05, 4.69) is 23.0 Å². The fourth-order valence-corrected chi connectivity index (χ4v) is 3.38. The quantitative estimate of drug-likeness (QED) is 0.902. The Hall–Kier alpha value is -1.48. The lowest BCUT2D eigenvalue weighted by Gasteiger charge is -2.24. The van der Waals surface area contributed by atoms with Crippen LogP contribution in [0.3, 0.4) is 0 Å². The molecule has 0 unspecified atom stereocenters. The van der Waals surface area contributed by atoms with E-state index in [0.29, 0.717) is 5.92 Å². The lowest BCUT2D eigenvalue weighted by Crippen LogP contribution is -2.13. The number of anilines is 1. The van der Waals surface area contributed by atoms with Gasteiger partial charge in [0.1, 0.15) is 5.82 Å². The van der Waals surface area contributed by atoms with Gasteiger partial charge < -0.3 is 5.32 Å². The molecule has 0 spiro atoms. The van der Waals surface area contributed by atoms with Gasteiger partial charge in [0.05, 0.1) is 11.4 Å². The van der Waals surface area contributed by atoms with E-state index >= 15 is 0 Å². The normalized spacial score (nSPS) is 17.7. The van der Waals surface area contributed by atoms with E-state index in [1.165, 1.54) is 36.3 Å². The van der Waals surface area contributed by atoms with Crippen LogP contribution in [0, 0.1) is 6.92 Å². The molecule has 1 saturated carbocycles. The van der Waals surface area contributed by atoms with Gasteiger partial charge in [-0.25, -0.2) is 4.68 Å². The highest BCUT2D eigenvalue weighted by Gasteiger charge is 2.31. The molecular formula is C16H18ClN3. The van der Waals surface area contributed by atoms with Gasteiger partial charge >= 0.3 is 0 Å². The summed E-state index contributed by atoms with van der Waals surface area (Å²) in [7, 11) is 0. The summed E-state index contributed by atoms with van der Waals surface area (Å²) in [5, 5.41) is 9.22. The Morgan fingerprint density at radius 3 is 2.95 bits per heavy atom. The van der Waals surface area contributed by atoms with Gasteiger partial charge in [-0.2, -0.15) is 5.10 Å². The molecule has 0 bridgehead atoms. The highest BCUT2D eigenvalue weighted by Crippen LogP contribution is 2.42. The van der Waals surface area contributed by atoms with E-state index in [9.17, 15) is 0 Å². The number of benzene rings is 1. The maximum atomic E-state index is 6.26. The third kappa shape index (κ3) is 1.69. The van der Waals surface area contributed by atoms with Gasteiger partial charge in [-0.1, -0.05) is 24.1 Å². The van der Waals surface area contributed by atoms with Gasteiger partial charge in [0.15, 0.2) is 0 Å². The van der Waals surface area contributed by atoms with E-state index in [4.69, 9.17) is 16.7 Å². The largest absolute Gasteiger partial charge is 0.369 e. The van der Waals surface area contributed by atoms with Crippen molar-refractivity contribution >= 4 is 17.4 Å². The van der Waals surface area contributed by atoms with Crippen LogP contribution in [0.5, 0.6) is 0 Å². The molecular weight excluding hydrogens is 270 g/mol. The van der Waals surface area contributed by atoms with Crippen molar-refractivity contribution in [2.45, 2.75) is 38.5 Å². The molecule has 4 heteroatoms. The van der Waals surface area contributed by atoms with E-state index in [1.54, 1.807) is 0 Å². The molecule has 1 aliphatic carbocycles. The third-order valence-corrected chi connectivity index (χ3v) is 5.05. The minimum Gasteiger partial charge on any atom is -0.369 e. The van der Waals surface area contributed by atoms with Crippen LogP contribution in [0.1, 0.15) is 42.0 Å². The van der Waals surface area contributed by atoms with E-state index in [1.807, 2.05) is 12.1 Å². The number of halogens is 1. The number of aromatic nitrogens is 2. The summed E-state index contributed by atoms with van der Waals surface area (Å²) in [4.78, 5) is 0. The lowest BCUT2D eigenvalue weighted by molar-refractivity contribution is 0.407. The van der Waals surface area contributed by atoms with Crippen LogP contribution in [-0.2, 0) is 6.42 Å². The van der Waals surface area contributed by atoms with Crippen molar-refractivity contribution in [3.63, 3.8) is 0 Å². The lowest BCUT2D eigenvalue weighted by atomic mass is 9.81. The molecule has 0 saturated heterocycles. The fourth-order valence-electron chi connectivity index (χ4n) is 3.21. The van der Waals surface area contributed by atoms with Gasteiger partial charge in [0, 0.05) is 23.0 Å². The summed E-state index contributed by atoms with van der Waals surface area (Å²) < 4.78 is 2.07. The Morgan fingerprint density at radius 1 is 1.35 bits per heavy atom. The zero-order chi connectivity index (χ0) is 13.7. The van der Waals surface area contributed by atoms with Crippen molar-refractivity contribution in [2.75, 3.05) is 11.9 Å². The average Bonchev–Trinajstić information content (AvgIpc) is 2.95. The molecule has 20 heavy (non-hydrogen) atoms. The van der Waals surface area contributed by atoms with Crippen molar-refractivity contribution in [1.82, 2.24) is 9.78 Å². The van der Waals surface area contributed by atoms with Gasteiger partial charge in [-0.05, 0) is 43.9 Å². The minimum atomic E-state index is 0.671. The number of hydrogen-bond donors (Lipinski definition) is 1. The van der Waals surface area contributed by atoms with Crippen LogP contribution in [-0.4, -0.2) is 16.3 Å². The standard InChI is InChI=1S/C16H18ClN3/c1-10-13(17)6-3-7-14(10)20-16-12(8-9-18-16)15(19-20)11-4-2-5-11/h3,6-7,11,18H,2,4-5,8-9H2,1H3. The molecule has 1 fully saturated rings. The second-order valence-corrected chi connectivity index (χ2v) is 6.22. The second-order valence-electron chi connectivity index (χ2n) is 5.81. The van der Waals surface area contributed by atoms with E-state index in [-0.39, 0.29) is 0 Å². The van der Waals surface area contributed by atoms with E-state index < -0.39 is 0 Å². The first-order valence-corrected chi connectivity index (χ1v) is 7.74. The Bertz CT molecular complexity index is 671. The first kappa shape index (κ1) is 12.3. The maximum absolute atomic E-state index is 6.26. The topological polar surface area (TPSA) is 29.9 Å². The number of hydrogen-bond acceptors (Lipinski definition) is 2. The summed E-state index contributed by atoms with van der Waals surface area (Å²) in [6.07, 6.45) is 5.02. The summed E-state index contributed by atoms with van der Waals surface area (Å²) in [6.45, 7) is 3.08. The number of fused-ring (bicyclic) bond motifs is 1. The molecule has 104 valence electrons. The molecule has 1 aromatic carbocycles. The Labute approximate surface area is 123 Å². The van der Waals surface area contributed by atoms with Crippen LogP contribution >= 0.6 is 11.6 Å². The SMILES string of the molecule is Cc1c(Cl)cccc1-n1nc(C2CCC2)c2c1NCC2. The van der Waals surface area contributed by atoms with Crippen molar-refractivity contribution in [3.8, 4) is 5.69 Å². The molecule has 2 heterocycles. The zero-order valence-corrected chi connectivity index (χ0v) is 12.4. The Balaban J connectivity index is 1.88. The Morgan fingerprint density at radius 2 is 2.20 bits per heavy atom. The van der Waals surface area contributed by atoms with Gasteiger partial charge in [0.2, 0.25) is 0 Å². The van der Waals surface area contributed by atoms with Crippen LogP contribution < -0.4 is 5.32 Å². The van der Waals surface area contributed by atoms with Crippen LogP contribution in [0.2, 0.25) is 5.02 Å². The van der Waals surface area contributed by atoms with Gasteiger partial charge in [-0.15, -0.1) is 0 Å². The number of nitrogens with one attached hydrogen (secondary N) is 1. The number of nitrogens with zero attached hydrogens (tertiary/aromatic N) is 2. The molecule has 1 aromatic heterocycles. The molecule has 1 N–H and O–H groups in total. The second kappa shape index (κ2) is 4.52. The zero-order valence-electron chi connectivity index (χ0n) is 11.6. The number of rotatable bonds is 2. The Kier molecular flexibility index (Phi) is 2.77. The molecule has 1 aliphatic heterocycles. The molecule has 0 atom stereocenters. The van der Waals surface area contributed by atoms with Crippen LogP contribution in [0.25, 0.3) is 5.69 Å². The monoisotopic (exact) mass is 287 g/mol. The van der Waals surface area contributed by atoms with Gasteiger partial charge in [-0.3, -0.25) is 0 Å². The first-order valence-electron chi connectivity index (χ1n) is 7.37. The summed E-state index contributed by atoms with van der Waals surface area (Å²) in [6, 6.07) is 6.03.